The van der Waals surface area contributed by atoms with Crippen LogP contribution in [-0.4, -0.2) is 63.5 Å². The molecule has 8 heteroatoms. The maximum absolute atomic E-state index is 13.2. The van der Waals surface area contributed by atoms with E-state index in [2.05, 4.69) is 28.5 Å². The van der Waals surface area contributed by atoms with Gasteiger partial charge in [-0.2, -0.15) is 0 Å². The van der Waals surface area contributed by atoms with Crippen molar-refractivity contribution in [1.29, 1.82) is 0 Å². The molecular formula is C33H41N5O3. The van der Waals surface area contributed by atoms with Gasteiger partial charge in [-0.3, -0.25) is 14.5 Å². The van der Waals surface area contributed by atoms with E-state index in [1.165, 1.54) is 0 Å². The number of ether oxygens (including phenoxy) is 1. The number of amides is 1. The molecule has 0 spiro atoms. The molecule has 0 aromatic heterocycles. The summed E-state index contributed by atoms with van der Waals surface area (Å²) < 4.78 is 5.52. The highest BCUT2D eigenvalue weighted by molar-refractivity contribution is 6.20. The lowest BCUT2D eigenvalue weighted by Gasteiger charge is -2.24. The zero-order chi connectivity index (χ0) is 29.2. The number of hydrogen-bond donors (Lipinski definition) is 3. The quantitative estimate of drug-likeness (QED) is 0.117. The van der Waals surface area contributed by atoms with E-state index in [9.17, 15) is 9.59 Å². The maximum atomic E-state index is 13.2. The summed E-state index contributed by atoms with van der Waals surface area (Å²) in [6.45, 7) is 8.65. The van der Waals surface area contributed by atoms with Crippen molar-refractivity contribution >= 4 is 40.5 Å². The zero-order valence-electron chi connectivity index (χ0n) is 24.3. The van der Waals surface area contributed by atoms with Gasteiger partial charge >= 0.3 is 0 Å². The van der Waals surface area contributed by atoms with Crippen LogP contribution in [0.4, 0.5) is 17.1 Å². The van der Waals surface area contributed by atoms with Crippen molar-refractivity contribution < 1.29 is 14.3 Å². The van der Waals surface area contributed by atoms with Crippen LogP contribution in [0.5, 0.6) is 0 Å². The number of nitrogens with zero attached hydrogens (tertiary/aromatic N) is 2. The fraction of sp³-hybridized carbons (Fsp3) is 0.333. The number of anilines is 3. The molecule has 0 radical (unpaired) electrons. The van der Waals surface area contributed by atoms with E-state index >= 15 is 0 Å². The average molecular weight is 556 g/mol. The first-order valence-electron chi connectivity index (χ1n) is 14.3. The molecular weight excluding hydrogens is 514 g/mol. The molecule has 4 rings (SSSR count). The van der Waals surface area contributed by atoms with Crippen molar-refractivity contribution in [3.63, 3.8) is 0 Å². The fourth-order valence-electron chi connectivity index (χ4n) is 5.10. The number of aldehydes is 1. The van der Waals surface area contributed by atoms with Crippen LogP contribution in [0.2, 0.25) is 0 Å². The Morgan fingerprint density at radius 2 is 1.90 bits per heavy atom. The number of nitrogens with two attached hydrogens (primary N) is 1. The number of rotatable bonds is 14. The van der Waals surface area contributed by atoms with Crippen LogP contribution in [0, 0.1) is 0 Å². The summed E-state index contributed by atoms with van der Waals surface area (Å²) in [4.78, 5) is 29.8. The molecule has 1 aliphatic heterocycles. The number of hydrogen-bond acceptors (Lipinski definition) is 7. The maximum Gasteiger partial charge on any atom is 0.241 e. The number of allylic oxidation sites excluding steroid dienone is 1. The molecule has 0 unspecified atom stereocenters. The summed E-state index contributed by atoms with van der Waals surface area (Å²) in [5.74, 6) is 0.110. The summed E-state index contributed by atoms with van der Waals surface area (Å²) >= 11 is 0. The molecule has 0 atom stereocenters. The van der Waals surface area contributed by atoms with E-state index in [4.69, 9.17) is 10.5 Å². The first-order valence-corrected chi connectivity index (χ1v) is 14.3. The highest BCUT2D eigenvalue weighted by atomic mass is 16.5. The molecule has 0 fully saturated rings. The Labute approximate surface area is 243 Å². The van der Waals surface area contributed by atoms with Gasteiger partial charge in [0.2, 0.25) is 5.91 Å². The van der Waals surface area contributed by atoms with Gasteiger partial charge in [0, 0.05) is 54.4 Å². The average Bonchev–Trinajstić information content (AvgIpc) is 3.42. The second-order valence-corrected chi connectivity index (χ2v) is 10.1. The van der Waals surface area contributed by atoms with E-state index in [0.717, 1.165) is 60.4 Å². The monoisotopic (exact) mass is 555 g/mol. The minimum atomic E-state index is 0.110. The third-order valence-electron chi connectivity index (χ3n) is 7.36. The van der Waals surface area contributed by atoms with E-state index in [0.29, 0.717) is 48.8 Å². The van der Waals surface area contributed by atoms with E-state index in [1.807, 2.05) is 79.5 Å². The summed E-state index contributed by atoms with van der Waals surface area (Å²) in [6, 6.07) is 21.4. The molecule has 4 N–H and O–H groups in total. The predicted molar refractivity (Wildman–Crippen MR) is 168 cm³/mol. The van der Waals surface area contributed by atoms with Gasteiger partial charge < -0.3 is 26.0 Å². The number of nitrogens with one attached hydrogen (secondary N) is 2. The Hall–Kier alpha value is -3.98. The molecule has 0 bridgehead atoms. The van der Waals surface area contributed by atoms with Crippen LogP contribution in [0.3, 0.4) is 0 Å². The number of benzene rings is 3. The van der Waals surface area contributed by atoms with Crippen molar-refractivity contribution in [2.24, 2.45) is 0 Å². The van der Waals surface area contributed by atoms with Crippen LogP contribution in [0.25, 0.3) is 11.3 Å². The van der Waals surface area contributed by atoms with Crippen LogP contribution < -0.4 is 21.3 Å². The topological polar surface area (TPSA) is 99.9 Å². The Morgan fingerprint density at radius 3 is 2.59 bits per heavy atom. The highest BCUT2D eigenvalue weighted by Crippen LogP contribution is 2.34. The largest absolute Gasteiger partial charge is 0.398 e. The first-order chi connectivity index (χ1) is 20.0. The Bertz CT molecular complexity index is 1370. The van der Waals surface area contributed by atoms with Gasteiger partial charge in [0.15, 0.2) is 6.29 Å². The summed E-state index contributed by atoms with van der Waals surface area (Å²) in [5.41, 5.74) is 13.5. The van der Waals surface area contributed by atoms with E-state index in [-0.39, 0.29) is 5.91 Å². The van der Waals surface area contributed by atoms with Gasteiger partial charge in [0.25, 0.3) is 0 Å². The standard InChI is InChI=1S/C33H41N5O3/c1-4-37(18-16-35-3)21-32(40)38-17-15-26-20-27(12-14-31(26)38)36-33(25-9-7-6-8-10-25)29(22-39)28-13-11-24(19-30(28)34)23-41-5-2/h6-14,19-20,22,35-36H,4-5,15-18,21,23,34H2,1-3H3/b33-29+. The van der Waals surface area contributed by atoms with Crippen LogP contribution in [-0.2, 0) is 27.4 Å². The van der Waals surface area contributed by atoms with Crippen molar-refractivity contribution in [3.05, 3.63) is 89.0 Å². The molecule has 0 saturated heterocycles. The lowest BCUT2D eigenvalue weighted by atomic mass is 9.97. The van der Waals surface area contributed by atoms with Crippen LogP contribution in [0.15, 0.2) is 66.7 Å². The fourth-order valence-corrected chi connectivity index (χ4v) is 5.10. The van der Waals surface area contributed by atoms with Crippen LogP contribution >= 0.6 is 0 Å². The molecule has 3 aromatic rings. The number of likely N-dealkylation sites (N-methyl/N-ethyl adjacent to an activating group) is 2. The second-order valence-electron chi connectivity index (χ2n) is 10.1. The smallest absolute Gasteiger partial charge is 0.241 e. The number of nitrogen functional groups attached to an aromatic ring is 1. The van der Waals surface area contributed by atoms with Crippen molar-refractivity contribution in [1.82, 2.24) is 10.2 Å². The van der Waals surface area contributed by atoms with Gasteiger partial charge in [-0.05, 0) is 67.9 Å². The van der Waals surface area contributed by atoms with E-state index in [1.54, 1.807) is 0 Å². The van der Waals surface area contributed by atoms with Crippen LogP contribution in [0.1, 0.15) is 36.1 Å². The molecule has 41 heavy (non-hydrogen) atoms. The van der Waals surface area contributed by atoms with Gasteiger partial charge in [-0.1, -0.05) is 49.4 Å². The third-order valence-corrected chi connectivity index (χ3v) is 7.36. The molecule has 0 aliphatic carbocycles. The summed E-state index contributed by atoms with van der Waals surface area (Å²) in [7, 11) is 1.92. The summed E-state index contributed by atoms with van der Waals surface area (Å²) in [5, 5.41) is 6.66. The van der Waals surface area contributed by atoms with Gasteiger partial charge in [0.1, 0.15) is 0 Å². The normalized spacial score (nSPS) is 13.2. The predicted octanol–water partition coefficient (Wildman–Crippen LogP) is 4.42. The Morgan fingerprint density at radius 1 is 1.10 bits per heavy atom. The highest BCUT2D eigenvalue weighted by Gasteiger charge is 2.26. The van der Waals surface area contributed by atoms with Crippen molar-refractivity contribution in [2.75, 3.05) is 62.3 Å². The molecule has 1 aliphatic rings. The minimum absolute atomic E-state index is 0.110. The molecule has 216 valence electrons. The molecule has 8 nitrogen and oxygen atoms in total. The van der Waals surface area contributed by atoms with Crippen molar-refractivity contribution in [2.45, 2.75) is 26.9 Å². The number of carbonyl (C=O) groups is 2. The van der Waals surface area contributed by atoms with Gasteiger partial charge in [-0.15, -0.1) is 0 Å². The van der Waals surface area contributed by atoms with E-state index < -0.39 is 0 Å². The number of fused-ring (bicyclic) bond motifs is 1. The zero-order valence-corrected chi connectivity index (χ0v) is 24.3. The SMILES string of the molecule is CCOCc1ccc(/C(C=O)=C(/Nc2ccc3c(c2)CCN3C(=O)CN(CC)CCNC)c2ccccc2)c(N)c1. The first kappa shape index (κ1) is 30.0. The van der Waals surface area contributed by atoms with Crippen molar-refractivity contribution in [3.8, 4) is 0 Å². The molecule has 0 saturated carbocycles. The third kappa shape index (κ3) is 7.41. The minimum Gasteiger partial charge on any atom is -0.398 e. The van der Waals surface area contributed by atoms with Gasteiger partial charge in [0.05, 0.1) is 18.8 Å². The molecule has 1 heterocycles. The Kier molecular flexibility index (Phi) is 10.7. The number of carbonyl (C=O) groups excluding carboxylic acids is 2. The lowest BCUT2D eigenvalue weighted by molar-refractivity contribution is -0.119. The Balaban J connectivity index is 1.63. The molecule has 3 aromatic carbocycles. The summed E-state index contributed by atoms with van der Waals surface area (Å²) in [6.07, 6.45) is 1.63. The lowest BCUT2D eigenvalue weighted by Crippen LogP contribution is -2.41. The molecule has 1 amide bonds. The second kappa shape index (κ2) is 14.6. The van der Waals surface area contributed by atoms with Gasteiger partial charge in [-0.25, -0.2) is 0 Å².